The van der Waals surface area contributed by atoms with Crippen molar-refractivity contribution in [2.45, 2.75) is 52.6 Å². The van der Waals surface area contributed by atoms with Gasteiger partial charge in [-0.1, -0.05) is 26.0 Å². The molecule has 1 atom stereocenters. The molecule has 0 radical (unpaired) electrons. The molecule has 1 aliphatic rings. The van der Waals surface area contributed by atoms with Crippen LogP contribution in [0.1, 0.15) is 65.5 Å². The van der Waals surface area contributed by atoms with Crippen LogP contribution in [0.15, 0.2) is 42.5 Å². The molecule has 0 saturated carbocycles. The number of aryl methyl sites for hydroxylation is 1. The molecular weight excluding hydrogens is 470 g/mol. The summed E-state index contributed by atoms with van der Waals surface area (Å²) in [6.45, 7) is 10.1. The van der Waals surface area contributed by atoms with Crippen molar-refractivity contribution in [1.29, 1.82) is 0 Å². The van der Waals surface area contributed by atoms with Crippen LogP contribution in [0.25, 0.3) is 0 Å². The van der Waals surface area contributed by atoms with Gasteiger partial charge in [0.25, 0.3) is 11.8 Å². The second-order valence-corrected chi connectivity index (χ2v) is 9.83. The van der Waals surface area contributed by atoms with E-state index in [1.807, 2.05) is 31.7 Å². The summed E-state index contributed by atoms with van der Waals surface area (Å²) in [5, 5.41) is 19.0. The van der Waals surface area contributed by atoms with E-state index in [0.29, 0.717) is 44.1 Å². The molecule has 9 heteroatoms. The predicted octanol–water partition coefficient (Wildman–Crippen LogP) is 2.59. The Balaban J connectivity index is 1.73. The van der Waals surface area contributed by atoms with Crippen molar-refractivity contribution in [1.82, 2.24) is 25.8 Å². The van der Waals surface area contributed by atoms with Crippen LogP contribution >= 0.6 is 0 Å². The molecule has 1 aliphatic heterocycles. The second kappa shape index (κ2) is 12.7. The Labute approximate surface area is 219 Å². The Morgan fingerprint density at radius 2 is 1.81 bits per heavy atom. The molecule has 1 unspecified atom stereocenters. The second-order valence-electron chi connectivity index (χ2n) is 9.83. The van der Waals surface area contributed by atoms with Gasteiger partial charge in [-0.25, -0.2) is 0 Å². The van der Waals surface area contributed by atoms with Gasteiger partial charge in [0, 0.05) is 44.0 Å². The summed E-state index contributed by atoms with van der Waals surface area (Å²) in [5.74, 6) is -0.453. The van der Waals surface area contributed by atoms with Gasteiger partial charge in [-0.05, 0) is 68.1 Å². The van der Waals surface area contributed by atoms with E-state index < -0.39 is 5.54 Å². The zero-order chi connectivity index (χ0) is 27.0. The van der Waals surface area contributed by atoms with Crippen molar-refractivity contribution in [2.75, 3.05) is 33.0 Å². The molecule has 3 amide bonds. The van der Waals surface area contributed by atoms with E-state index in [0.717, 1.165) is 24.0 Å². The highest BCUT2D eigenvalue weighted by Crippen LogP contribution is 2.18. The number of benzene rings is 2. The molecule has 0 aliphatic carbocycles. The SMILES string of the molecule is CCCN(CCC)C(=O)c1cc(C)cc(C(=O)NCC2(C)NCNCN(Cc3cccc(O)c3)C2=O)c1. The normalized spacial score (nSPS) is 17.8. The average Bonchev–Trinajstić information content (AvgIpc) is 3.00. The summed E-state index contributed by atoms with van der Waals surface area (Å²) < 4.78 is 0. The number of hydrogen-bond donors (Lipinski definition) is 4. The number of amides is 3. The largest absolute Gasteiger partial charge is 0.508 e. The molecule has 9 nitrogen and oxygen atoms in total. The Bertz CT molecular complexity index is 1120. The summed E-state index contributed by atoms with van der Waals surface area (Å²) in [6, 6.07) is 12.0. The van der Waals surface area contributed by atoms with E-state index in [1.54, 1.807) is 48.2 Å². The first kappa shape index (κ1) is 28.1. The number of aromatic hydroxyl groups is 1. The Morgan fingerprint density at radius 3 is 2.49 bits per heavy atom. The van der Waals surface area contributed by atoms with Gasteiger partial charge in [-0.15, -0.1) is 0 Å². The fourth-order valence-corrected chi connectivity index (χ4v) is 4.52. The molecule has 0 aromatic heterocycles. The lowest BCUT2D eigenvalue weighted by atomic mass is 9.99. The number of nitrogens with one attached hydrogen (secondary N) is 3. The number of phenolic OH excluding ortho intramolecular Hbond substituents is 1. The van der Waals surface area contributed by atoms with Gasteiger partial charge < -0.3 is 20.2 Å². The maximum atomic E-state index is 13.5. The smallest absolute Gasteiger partial charge is 0.253 e. The van der Waals surface area contributed by atoms with Gasteiger partial charge in [-0.2, -0.15) is 0 Å². The van der Waals surface area contributed by atoms with Crippen LogP contribution < -0.4 is 16.0 Å². The molecule has 1 heterocycles. The summed E-state index contributed by atoms with van der Waals surface area (Å²) >= 11 is 0. The first-order valence-electron chi connectivity index (χ1n) is 12.9. The van der Waals surface area contributed by atoms with Gasteiger partial charge in [0.1, 0.15) is 11.3 Å². The topological polar surface area (TPSA) is 114 Å². The van der Waals surface area contributed by atoms with Crippen LogP contribution in [0.4, 0.5) is 0 Å². The van der Waals surface area contributed by atoms with Crippen molar-refractivity contribution >= 4 is 17.7 Å². The van der Waals surface area contributed by atoms with Gasteiger partial charge in [0.05, 0.1) is 6.67 Å². The van der Waals surface area contributed by atoms with E-state index in [-0.39, 0.29) is 30.0 Å². The summed E-state index contributed by atoms with van der Waals surface area (Å²) in [7, 11) is 0. The van der Waals surface area contributed by atoms with Crippen LogP contribution in [-0.2, 0) is 11.3 Å². The van der Waals surface area contributed by atoms with Crippen LogP contribution in [-0.4, -0.2) is 71.1 Å². The van der Waals surface area contributed by atoms with Crippen molar-refractivity contribution < 1.29 is 19.5 Å². The lowest BCUT2D eigenvalue weighted by molar-refractivity contribution is -0.137. The molecule has 2 aromatic rings. The van der Waals surface area contributed by atoms with Crippen molar-refractivity contribution in [3.8, 4) is 5.75 Å². The molecule has 37 heavy (non-hydrogen) atoms. The van der Waals surface area contributed by atoms with Gasteiger partial charge in [0.2, 0.25) is 5.91 Å². The van der Waals surface area contributed by atoms with E-state index in [2.05, 4.69) is 16.0 Å². The Kier molecular flexibility index (Phi) is 9.66. The van der Waals surface area contributed by atoms with Crippen LogP contribution in [0, 0.1) is 6.92 Å². The standard InChI is InChI=1S/C28H39N5O4/c1-5-10-32(11-6-2)26(36)23-13-20(3)12-22(15-23)25(35)30-17-28(4)27(37)33(19-29-18-31-28)16-21-8-7-9-24(34)14-21/h7-9,12-15,29,31,34H,5-6,10-11,16-19H2,1-4H3,(H,30,35). The maximum Gasteiger partial charge on any atom is 0.253 e. The third-order valence-corrected chi connectivity index (χ3v) is 6.41. The van der Waals surface area contributed by atoms with E-state index in [4.69, 9.17) is 0 Å². The third kappa shape index (κ3) is 7.30. The van der Waals surface area contributed by atoms with Gasteiger partial charge in [0.15, 0.2) is 0 Å². The Hall–Kier alpha value is -3.43. The number of nitrogens with zero attached hydrogens (tertiary/aromatic N) is 2. The molecule has 200 valence electrons. The molecule has 2 aromatic carbocycles. The predicted molar refractivity (Wildman–Crippen MR) is 143 cm³/mol. The van der Waals surface area contributed by atoms with Crippen LogP contribution in [0.5, 0.6) is 5.75 Å². The summed E-state index contributed by atoms with van der Waals surface area (Å²) in [4.78, 5) is 43.2. The molecule has 0 spiro atoms. The third-order valence-electron chi connectivity index (χ3n) is 6.41. The highest BCUT2D eigenvalue weighted by Gasteiger charge is 2.38. The number of hydrogen-bond acceptors (Lipinski definition) is 6. The van der Waals surface area contributed by atoms with Crippen LogP contribution in [0.2, 0.25) is 0 Å². The number of carbonyl (C=O) groups excluding carboxylic acids is 3. The molecule has 3 rings (SSSR count). The zero-order valence-corrected chi connectivity index (χ0v) is 22.3. The van der Waals surface area contributed by atoms with Crippen LogP contribution in [0.3, 0.4) is 0 Å². The zero-order valence-electron chi connectivity index (χ0n) is 22.3. The highest BCUT2D eigenvalue weighted by atomic mass is 16.3. The van der Waals surface area contributed by atoms with Crippen molar-refractivity contribution in [3.63, 3.8) is 0 Å². The van der Waals surface area contributed by atoms with Gasteiger partial charge >= 0.3 is 0 Å². The first-order chi connectivity index (χ1) is 17.7. The highest BCUT2D eigenvalue weighted by molar-refractivity contribution is 6.00. The minimum absolute atomic E-state index is 0.0674. The van der Waals surface area contributed by atoms with Crippen molar-refractivity contribution in [3.05, 3.63) is 64.7 Å². The minimum Gasteiger partial charge on any atom is -0.508 e. The maximum absolute atomic E-state index is 13.5. The van der Waals surface area contributed by atoms with E-state index >= 15 is 0 Å². The first-order valence-corrected chi connectivity index (χ1v) is 12.9. The number of phenols is 1. The lowest BCUT2D eigenvalue weighted by Crippen LogP contribution is -2.59. The molecule has 1 saturated heterocycles. The number of rotatable bonds is 10. The monoisotopic (exact) mass is 509 g/mol. The van der Waals surface area contributed by atoms with E-state index in [9.17, 15) is 19.5 Å². The van der Waals surface area contributed by atoms with Crippen molar-refractivity contribution in [2.24, 2.45) is 0 Å². The Morgan fingerprint density at radius 1 is 1.11 bits per heavy atom. The minimum atomic E-state index is -1.04. The summed E-state index contributed by atoms with van der Waals surface area (Å²) in [6.07, 6.45) is 1.73. The fraction of sp³-hybridized carbons (Fsp3) is 0.464. The molecule has 4 N–H and O–H groups in total. The quantitative estimate of drug-likeness (QED) is 0.392. The molecule has 1 fully saturated rings. The average molecular weight is 510 g/mol. The van der Waals surface area contributed by atoms with Gasteiger partial charge in [-0.3, -0.25) is 25.0 Å². The molecule has 0 bridgehead atoms. The summed E-state index contributed by atoms with van der Waals surface area (Å²) in [5.41, 5.74) is 1.46. The van der Waals surface area contributed by atoms with E-state index in [1.165, 1.54) is 0 Å². The molecular formula is C28H39N5O4. The lowest BCUT2D eigenvalue weighted by Gasteiger charge is -2.32. The number of carbonyl (C=O) groups is 3. The fourth-order valence-electron chi connectivity index (χ4n) is 4.52.